The monoisotopic (exact) mass is 278 g/mol. The number of aromatic nitrogens is 2. The van der Waals surface area contributed by atoms with Gasteiger partial charge in [-0.3, -0.25) is 0 Å². The highest BCUT2D eigenvalue weighted by molar-refractivity contribution is 6.31. The minimum Gasteiger partial charge on any atom is -0.365 e. The molecule has 0 aliphatic carbocycles. The van der Waals surface area contributed by atoms with Crippen molar-refractivity contribution in [2.24, 2.45) is 0 Å². The van der Waals surface area contributed by atoms with Crippen LogP contribution in [-0.2, 0) is 6.54 Å². The second kappa shape index (κ2) is 5.67. The van der Waals surface area contributed by atoms with Crippen molar-refractivity contribution in [1.82, 2.24) is 9.97 Å². The normalized spacial score (nSPS) is 9.83. The number of nitriles is 1. The molecule has 0 bridgehead atoms. The summed E-state index contributed by atoms with van der Waals surface area (Å²) in [6.07, 6.45) is 1.30. The van der Waals surface area contributed by atoms with Crippen molar-refractivity contribution < 1.29 is 0 Å². The predicted octanol–water partition coefficient (Wildman–Crippen LogP) is 3.27. The van der Waals surface area contributed by atoms with Crippen LogP contribution in [-0.4, -0.2) is 9.97 Å². The third-order valence-corrected chi connectivity index (χ3v) is 2.97. The van der Waals surface area contributed by atoms with Gasteiger partial charge in [0, 0.05) is 11.6 Å². The van der Waals surface area contributed by atoms with Gasteiger partial charge in [0.2, 0.25) is 0 Å². The molecular formula is C12H8Cl2N4. The quantitative estimate of drug-likeness (QED) is 0.876. The van der Waals surface area contributed by atoms with Gasteiger partial charge < -0.3 is 5.32 Å². The summed E-state index contributed by atoms with van der Waals surface area (Å²) in [6, 6.07) is 9.40. The molecule has 1 aromatic carbocycles. The lowest BCUT2D eigenvalue weighted by Crippen LogP contribution is -2.04. The maximum atomic E-state index is 8.97. The Bertz CT molecular complexity index is 607. The van der Waals surface area contributed by atoms with Crippen LogP contribution >= 0.6 is 23.2 Å². The first-order valence-corrected chi connectivity index (χ1v) is 5.86. The van der Waals surface area contributed by atoms with Gasteiger partial charge >= 0.3 is 0 Å². The second-order valence-corrected chi connectivity index (χ2v) is 4.21. The molecule has 0 fully saturated rings. The molecule has 1 N–H and O–H groups in total. The summed E-state index contributed by atoms with van der Waals surface area (Å²) in [6.45, 7) is 0.460. The molecule has 0 atom stereocenters. The third-order valence-electron chi connectivity index (χ3n) is 2.32. The summed E-state index contributed by atoms with van der Waals surface area (Å²) in [4.78, 5) is 7.73. The van der Waals surface area contributed by atoms with Crippen molar-refractivity contribution in [3.05, 3.63) is 51.9 Å². The topological polar surface area (TPSA) is 61.6 Å². The zero-order chi connectivity index (χ0) is 13.0. The van der Waals surface area contributed by atoms with E-state index in [9.17, 15) is 0 Å². The van der Waals surface area contributed by atoms with E-state index in [1.54, 1.807) is 6.07 Å². The van der Waals surface area contributed by atoms with Crippen LogP contribution in [0.5, 0.6) is 0 Å². The summed E-state index contributed by atoms with van der Waals surface area (Å²) in [5.41, 5.74) is 1.14. The number of halogens is 2. The molecule has 0 unspecified atom stereocenters. The number of rotatable bonds is 3. The largest absolute Gasteiger partial charge is 0.365 e. The van der Waals surface area contributed by atoms with E-state index < -0.39 is 0 Å². The molecule has 0 saturated heterocycles. The van der Waals surface area contributed by atoms with Crippen molar-refractivity contribution >= 4 is 29.0 Å². The van der Waals surface area contributed by atoms with E-state index in [4.69, 9.17) is 28.5 Å². The first-order valence-electron chi connectivity index (χ1n) is 5.10. The van der Waals surface area contributed by atoms with E-state index in [1.165, 1.54) is 6.33 Å². The zero-order valence-corrected chi connectivity index (χ0v) is 10.7. The van der Waals surface area contributed by atoms with Gasteiger partial charge in [-0.15, -0.1) is 0 Å². The Morgan fingerprint density at radius 1 is 1.22 bits per heavy atom. The zero-order valence-electron chi connectivity index (χ0n) is 9.19. The molecule has 18 heavy (non-hydrogen) atoms. The Hall–Kier alpha value is -1.83. The molecule has 90 valence electrons. The molecule has 0 aliphatic rings. The number of hydrogen-bond donors (Lipinski definition) is 1. The first-order chi connectivity index (χ1) is 8.72. The van der Waals surface area contributed by atoms with Crippen LogP contribution in [0.25, 0.3) is 0 Å². The summed E-state index contributed by atoms with van der Waals surface area (Å²) in [5, 5.41) is 12.8. The number of benzene rings is 1. The van der Waals surface area contributed by atoms with Crippen LogP contribution in [0.4, 0.5) is 5.82 Å². The summed E-state index contributed by atoms with van der Waals surface area (Å²) in [5.74, 6) is 0.400. The standard InChI is InChI=1S/C12H8Cl2N4/c13-10-4-2-1-3-8(10)6-16-12-9(5-15)11(14)17-7-18-12/h1-4,7H,6H2,(H,16,17,18). The molecule has 1 aromatic heterocycles. The van der Waals surface area contributed by atoms with Crippen molar-refractivity contribution in [2.45, 2.75) is 6.54 Å². The van der Waals surface area contributed by atoms with E-state index in [1.807, 2.05) is 24.3 Å². The predicted molar refractivity (Wildman–Crippen MR) is 70.5 cm³/mol. The molecule has 1 heterocycles. The van der Waals surface area contributed by atoms with Gasteiger partial charge in [0.1, 0.15) is 23.8 Å². The molecule has 0 aliphatic heterocycles. The van der Waals surface area contributed by atoms with E-state index in [-0.39, 0.29) is 10.7 Å². The fourth-order valence-corrected chi connectivity index (χ4v) is 1.80. The Morgan fingerprint density at radius 2 is 2.00 bits per heavy atom. The highest BCUT2D eigenvalue weighted by Gasteiger charge is 2.09. The van der Waals surface area contributed by atoms with Crippen LogP contribution in [0.3, 0.4) is 0 Å². The smallest absolute Gasteiger partial charge is 0.152 e. The summed E-state index contributed by atoms with van der Waals surface area (Å²) < 4.78 is 0. The van der Waals surface area contributed by atoms with Crippen LogP contribution in [0.1, 0.15) is 11.1 Å². The minimum atomic E-state index is 0.133. The van der Waals surface area contributed by atoms with E-state index in [0.717, 1.165) is 5.56 Å². The van der Waals surface area contributed by atoms with Gasteiger partial charge in [0.25, 0.3) is 0 Å². The van der Waals surface area contributed by atoms with Gasteiger partial charge in [0.15, 0.2) is 5.15 Å². The van der Waals surface area contributed by atoms with Crippen LogP contribution in [0.15, 0.2) is 30.6 Å². The van der Waals surface area contributed by atoms with Crippen LogP contribution < -0.4 is 5.32 Å². The summed E-state index contributed by atoms with van der Waals surface area (Å²) >= 11 is 11.8. The molecule has 0 radical (unpaired) electrons. The molecule has 4 nitrogen and oxygen atoms in total. The lowest BCUT2D eigenvalue weighted by Gasteiger charge is -2.08. The SMILES string of the molecule is N#Cc1c(Cl)ncnc1NCc1ccccc1Cl. The third kappa shape index (κ3) is 2.70. The van der Waals surface area contributed by atoms with E-state index in [0.29, 0.717) is 17.4 Å². The van der Waals surface area contributed by atoms with Crippen LogP contribution in [0.2, 0.25) is 10.2 Å². The maximum Gasteiger partial charge on any atom is 0.152 e. The average molecular weight is 279 g/mol. The van der Waals surface area contributed by atoms with Gasteiger partial charge in [0.05, 0.1) is 0 Å². The second-order valence-electron chi connectivity index (χ2n) is 3.44. The highest BCUT2D eigenvalue weighted by atomic mass is 35.5. The molecule has 0 saturated carbocycles. The first kappa shape index (κ1) is 12.6. The molecule has 0 spiro atoms. The Kier molecular flexibility index (Phi) is 3.98. The Balaban J connectivity index is 2.19. The highest BCUT2D eigenvalue weighted by Crippen LogP contribution is 2.20. The van der Waals surface area contributed by atoms with Crippen LogP contribution in [0, 0.1) is 11.3 Å². The Morgan fingerprint density at radius 3 is 2.72 bits per heavy atom. The van der Waals surface area contributed by atoms with E-state index >= 15 is 0 Å². The van der Waals surface area contributed by atoms with Gasteiger partial charge in [-0.2, -0.15) is 5.26 Å². The lowest BCUT2D eigenvalue weighted by atomic mass is 10.2. The molecule has 6 heteroatoms. The molecular weight excluding hydrogens is 271 g/mol. The molecule has 2 aromatic rings. The number of hydrogen-bond acceptors (Lipinski definition) is 4. The average Bonchev–Trinajstić information content (AvgIpc) is 2.38. The van der Waals surface area contributed by atoms with Crippen molar-refractivity contribution in [3.63, 3.8) is 0 Å². The van der Waals surface area contributed by atoms with Crippen molar-refractivity contribution in [1.29, 1.82) is 5.26 Å². The van der Waals surface area contributed by atoms with Gasteiger partial charge in [-0.25, -0.2) is 9.97 Å². The summed E-state index contributed by atoms with van der Waals surface area (Å²) in [7, 11) is 0. The van der Waals surface area contributed by atoms with Crippen molar-refractivity contribution in [3.8, 4) is 6.07 Å². The fourth-order valence-electron chi connectivity index (χ4n) is 1.42. The van der Waals surface area contributed by atoms with Crippen molar-refractivity contribution in [2.75, 3.05) is 5.32 Å². The number of nitrogens with zero attached hydrogens (tertiary/aromatic N) is 3. The number of nitrogens with one attached hydrogen (secondary N) is 1. The minimum absolute atomic E-state index is 0.133. The molecule has 0 amide bonds. The van der Waals surface area contributed by atoms with E-state index in [2.05, 4.69) is 15.3 Å². The van der Waals surface area contributed by atoms with Gasteiger partial charge in [-0.05, 0) is 11.6 Å². The fraction of sp³-hybridized carbons (Fsp3) is 0.0833. The molecule has 2 rings (SSSR count). The maximum absolute atomic E-state index is 8.97. The van der Waals surface area contributed by atoms with Gasteiger partial charge in [-0.1, -0.05) is 41.4 Å². The Labute approximate surface area is 114 Å². The number of anilines is 1. The lowest BCUT2D eigenvalue weighted by molar-refractivity contribution is 1.07.